The second-order valence-electron chi connectivity index (χ2n) is 44.7. The maximum Gasteiger partial charge on any atom is 0.416 e. The van der Waals surface area contributed by atoms with Crippen molar-refractivity contribution in [2.45, 2.75) is 307 Å². The molecule has 4 fully saturated rings. The molecule has 0 radical (unpaired) electrons. The largest absolute Gasteiger partial charge is 0.416 e. The highest BCUT2D eigenvalue weighted by molar-refractivity contribution is 6.33. The number of benzene rings is 16. The van der Waals surface area contributed by atoms with E-state index in [0.717, 1.165) is 210 Å². The molecule has 12 heteroatoms. The van der Waals surface area contributed by atoms with Gasteiger partial charge in [0.2, 0.25) is 0 Å². The Balaban J connectivity index is 0.000000183. The van der Waals surface area contributed by atoms with Crippen LogP contribution in [0.4, 0.5) is 52.7 Å². The first-order chi connectivity index (χ1) is 68.7. The van der Waals surface area contributed by atoms with Crippen molar-refractivity contribution in [3.05, 3.63) is 334 Å². The molecule has 0 amide bonds. The van der Waals surface area contributed by atoms with Gasteiger partial charge in [0.25, 0.3) is 0 Å². The Morgan fingerprint density at radius 3 is 0.868 bits per heavy atom. The van der Waals surface area contributed by atoms with E-state index in [1.54, 1.807) is 36.4 Å². The topological polar surface area (TPSA) is 0 Å². The second-order valence-corrected chi connectivity index (χ2v) is 44.7. The van der Waals surface area contributed by atoms with Gasteiger partial charge < -0.3 is 0 Å². The Morgan fingerprint density at radius 2 is 0.472 bits per heavy atom. The van der Waals surface area contributed by atoms with Crippen molar-refractivity contribution in [2.24, 2.45) is 0 Å². The van der Waals surface area contributed by atoms with Crippen molar-refractivity contribution in [3.8, 4) is 89.0 Å². The average Bonchev–Trinajstić information content (AvgIpc) is 0.646. The fraction of sp³-hybridized carbons (Fsp3) is 0.364. The predicted octanol–water partition coefficient (Wildman–Crippen LogP) is 42.6. The summed E-state index contributed by atoms with van der Waals surface area (Å²) >= 11 is 0. The van der Waals surface area contributed by atoms with Crippen LogP contribution in [0.2, 0.25) is 0 Å². The number of halogens is 12. The molecule has 744 valence electrons. The Morgan fingerprint density at radius 1 is 0.194 bits per heavy atom. The van der Waals surface area contributed by atoms with Gasteiger partial charge in [-0.3, -0.25) is 0 Å². The number of rotatable bonds is 20. The van der Waals surface area contributed by atoms with Crippen LogP contribution in [-0.4, -0.2) is 0 Å². The first-order valence-electron chi connectivity index (χ1n) is 52.9. The van der Waals surface area contributed by atoms with Crippen molar-refractivity contribution >= 4 is 64.6 Å². The molecule has 0 spiro atoms. The second kappa shape index (κ2) is 39.9. The zero-order valence-corrected chi connectivity index (χ0v) is 85.2. The van der Waals surface area contributed by atoms with E-state index in [4.69, 9.17) is 0 Å². The maximum atomic E-state index is 15.0. The Hall–Kier alpha value is -11.8. The average molecular weight is 1950 g/mol. The van der Waals surface area contributed by atoms with E-state index >= 15 is 13.2 Å². The molecular formula is C132H132F12. The van der Waals surface area contributed by atoms with Crippen LogP contribution in [0.15, 0.2) is 267 Å². The van der Waals surface area contributed by atoms with Crippen LogP contribution < -0.4 is 0 Å². The zero-order valence-electron chi connectivity index (χ0n) is 85.2. The Kier molecular flexibility index (Phi) is 28.0. The van der Waals surface area contributed by atoms with Gasteiger partial charge >= 0.3 is 24.7 Å². The van der Waals surface area contributed by atoms with Gasteiger partial charge in [-0.1, -0.05) is 354 Å². The molecular weight excluding hydrogens is 1810 g/mol. The van der Waals surface area contributed by atoms with Gasteiger partial charge in [-0.25, -0.2) is 0 Å². The van der Waals surface area contributed by atoms with Crippen LogP contribution in [0.1, 0.15) is 328 Å². The highest BCUT2D eigenvalue weighted by Crippen LogP contribution is 2.59. The van der Waals surface area contributed by atoms with Crippen LogP contribution in [0, 0.1) is 0 Å². The third-order valence-electron chi connectivity index (χ3n) is 34.4. The molecule has 20 rings (SSSR count). The summed E-state index contributed by atoms with van der Waals surface area (Å²) in [6, 6.07) is 84.3. The van der Waals surface area contributed by atoms with Gasteiger partial charge in [0, 0.05) is 0 Å². The SMILES string of the molecule is CCC(C)(C)c1ccc(-c2cc(C(C)(C)CC)cc3c(-c4cccc(C(F)(F)F)c4)c4c(-c5ccc(C(C)(C)CC)cc5)c5ccc(C(C)(C)CC)cc5cc4c(-c4cccc(C(F)(F)F)c4)c23)cc1.FC(F)(F)c1ccc(-c2c3cc4cc(C5CCCCC5)ccc4c(-c4ccc(C5CCCCC5)cc4)c3c(-c3ccc(C(F)(F)F)cc3)c3cc(C4CCCCC4)cc(-c4ccc(C5CCCCC5)cc4)c23)cc1. The lowest BCUT2D eigenvalue weighted by Gasteiger charge is -2.29. The minimum Gasteiger partial charge on any atom is -0.166 e. The Labute approximate surface area is 842 Å². The third kappa shape index (κ3) is 19.9. The molecule has 144 heavy (non-hydrogen) atoms. The van der Waals surface area contributed by atoms with Gasteiger partial charge in [-0.05, 0) is 393 Å². The first kappa shape index (κ1) is 101. The highest BCUT2D eigenvalue weighted by atomic mass is 19.4. The summed E-state index contributed by atoms with van der Waals surface area (Å²) in [5.41, 5.74) is 18.0. The number of hydrogen-bond acceptors (Lipinski definition) is 0. The number of fused-ring (bicyclic) bond motifs is 6. The van der Waals surface area contributed by atoms with Crippen molar-refractivity contribution in [2.75, 3.05) is 0 Å². The molecule has 0 saturated heterocycles. The van der Waals surface area contributed by atoms with Gasteiger partial charge in [0.05, 0.1) is 22.3 Å². The van der Waals surface area contributed by atoms with Crippen LogP contribution >= 0.6 is 0 Å². The molecule has 4 saturated carbocycles. The van der Waals surface area contributed by atoms with Crippen molar-refractivity contribution in [3.63, 3.8) is 0 Å². The van der Waals surface area contributed by atoms with Gasteiger partial charge in [0.1, 0.15) is 0 Å². The first-order valence-corrected chi connectivity index (χ1v) is 52.9. The summed E-state index contributed by atoms with van der Waals surface area (Å²) < 4.78 is 177. The van der Waals surface area contributed by atoms with Crippen LogP contribution in [0.3, 0.4) is 0 Å². The molecule has 0 unspecified atom stereocenters. The smallest absolute Gasteiger partial charge is 0.166 e. The summed E-state index contributed by atoms with van der Waals surface area (Å²) in [4.78, 5) is 0. The molecule has 0 aliphatic heterocycles. The van der Waals surface area contributed by atoms with Gasteiger partial charge in [-0.2, -0.15) is 52.7 Å². The van der Waals surface area contributed by atoms with Gasteiger partial charge in [0.15, 0.2) is 0 Å². The number of alkyl halides is 12. The molecule has 0 bridgehead atoms. The van der Waals surface area contributed by atoms with E-state index in [1.165, 1.54) is 148 Å². The lowest BCUT2D eigenvalue weighted by Crippen LogP contribution is -2.16. The van der Waals surface area contributed by atoms with E-state index in [0.29, 0.717) is 72.7 Å². The van der Waals surface area contributed by atoms with E-state index in [2.05, 4.69) is 253 Å². The van der Waals surface area contributed by atoms with E-state index in [-0.39, 0.29) is 22.2 Å². The minimum atomic E-state index is -4.64. The fourth-order valence-electron chi connectivity index (χ4n) is 24.0. The lowest BCUT2D eigenvalue weighted by molar-refractivity contribution is -0.138. The monoisotopic (exact) mass is 1950 g/mol. The lowest BCUT2D eigenvalue weighted by atomic mass is 9.74. The highest BCUT2D eigenvalue weighted by Gasteiger charge is 2.39. The molecule has 0 nitrogen and oxygen atoms in total. The van der Waals surface area contributed by atoms with E-state index < -0.39 is 52.4 Å². The normalized spacial score (nSPS) is 15.8. The molecule has 0 aromatic heterocycles. The van der Waals surface area contributed by atoms with Crippen molar-refractivity contribution in [1.29, 1.82) is 0 Å². The standard InChI is InChI=1S/C68H66F6.C64H66F6/c69-67(70,71)56-34-29-51(30-35-56)63-61-42-55-39-53(45-17-9-3-10-18-45)33-38-58(55)62(50-27-23-48(24-28-50)44-15-7-2-8-16-44)66(61)64(52-31-36-57(37-32-52)68(72,73)74)60-41-54(46-19-11-4-12-20-46)40-59(65(60)63)49-25-21-47(22-26-49)43-13-5-1-6-14-43;1-13-59(5,6)44-27-23-39(24-28-44)51-37-49(62(11,12)16-4)38-53-56(42-20-18-22-48(34-42)64(68,69)70)58-52(55(57(51)53)41-19-17-21-47(33-41)63(65,66)67)36-43-35-46(61(9,10)15-3)31-32-50(43)54(58)40-25-29-45(30-26-40)60(7,8)14-2/h21-46H,1-20H2;17-38H,13-16H2,1-12H3. The molecule has 4 aliphatic rings. The molecule has 0 heterocycles. The van der Waals surface area contributed by atoms with Crippen LogP contribution in [0.5, 0.6) is 0 Å². The fourth-order valence-corrected chi connectivity index (χ4v) is 24.0. The summed E-state index contributed by atoms with van der Waals surface area (Å²) in [7, 11) is 0. The Bertz CT molecular complexity index is 7420. The van der Waals surface area contributed by atoms with E-state index in [1.807, 2.05) is 0 Å². The van der Waals surface area contributed by atoms with Crippen LogP contribution in [-0.2, 0) is 46.4 Å². The third-order valence-corrected chi connectivity index (χ3v) is 34.4. The molecule has 0 N–H and O–H groups in total. The molecule has 16 aromatic carbocycles. The molecule has 0 atom stereocenters. The quantitative estimate of drug-likeness (QED) is 0.0527. The van der Waals surface area contributed by atoms with Crippen molar-refractivity contribution in [1.82, 2.24) is 0 Å². The number of hydrogen-bond donors (Lipinski definition) is 0. The van der Waals surface area contributed by atoms with Crippen molar-refractivity contribution < 1.29 is 52.7 Å². The zero-order chi connectivity index (χ0) is 101. The van der Waals surface area contributed by atoms with E-state index in [9.17, 15) is 39.5 Å². The summed E-state index contributed by atoms with van der Waals surface area (Å²) in [5.74, 6) is 1.70. The summed E-state index contributed by atoms with van der Waals surface area (Å²) in [6.07, 6.45) is 8.49. The summed E-state index contributed by atoms with van der Waals surface area (Å²) in [6.45, 7) is 26.1. The predicted molar refractivity (Wildman–Crippen MR) is 578 cm³/mol. The minimum absolute atomic E-state index is 0.115. The van der Waals surface area contributed by atoms with Crippen LogP contribution in [0.25, 0.3) is 154 Å². The van der Waals surface area contributed by atoms with Gasteiger partial charge in [-0.15, -0.1) is 0 Å². The molecule has 16 aromatic rings. The summed E-state index contributed by atoms with van der Waals surface area (Å²) in [5, 5.41) is 10.1. The molecule has 4 aliphatic carbocycles. The maximum absolute atomic E-state index is 15.0.